The molecule has 12 nitrogen and oxygen atoms in total. The molecule has 7 heterocycles. The molecule has 4 aliphatic heterocycles. The Labute approximate surface area is 244 Å². The Balaban J connectivity index is 1.44. The zero-order valence-corrected chi connectivity index (χ0v) is 23.5. The van der Waals surface area contributed by atoms with Crippen LogP contribution < -0.4 is 15.0 Å². The lowest BCUT2D eigenvalue weighted by Crippen LogP contribution is -2.37. The number of hydrogen-bond donors (Lipinski definition) is 2. The number of anilines is 1. The number of carbonyl (C=O) groups excluding carboxylic acids is 1. The smallest absolute Gasteiger partial charge is 0.460 e. The molecule has 220 valence electrons. The topological polar surface area (TPSA) is 137 Å². The normalized spacial score (nSPS) is 20.4. The molecule has 4 aliphatic rings. The number of ether oxygens (including phenoxy) is 4. The van der Waals surface area contributed by atoms with Gasteiger partial charge in [-0.3, -0.25) is 10.1 Å². The number of aromatic nitrogens is 5. The van der Waals surface area contributed by atoms with Crippen molar-refractivity contribution in [2.45, 2.75) is 37.9 Å². The fourth-order valence-electron chi connectivity index (χ4n) is 5.79. The molecule has 8 rings (SSSR count). The predicted molar refractivity (Wildman–Crippen MR) is 151 cm³/mol. The molecule has 0 amide bonds. The summed E-state index contributed by atoms with van der Waals surface area (Å²) < 4.78 is 39.7. The maximum Gasteiger partial charge on any atom is 0.508 e. The molecule has 14 heteroatoms. The number of aromatic amines is 1. The second-order valence-corrected chi connectivity index (χ2v) is 11.0. The molecule has 3 aromatic heterocycles. The van der Waals surface area contributed by atoms with E-state index in [0.717, 1.165) is 25.9 Å². The highest BCUT2D eigenvalue weighted by atomic mass is 35.5. The van der Waals surface area contributed by atoms with Crippen LogP contribution in [0, 0.1) is 5.82 Å². The van der Waals surface area contributed by atoms with Crippen LogP contribution in [0.1, 0.15) is 24.8 Å². The SMILES string of the molecule is O=C1OCCCc2c(Cl)cc3[nH]ncc3c2-c2ncc3c(nc(OC4CCNCC4)nc3c2F)N2CCOC[C@H](C2)O1. The summed E-state index contributed by atoms with van der Waals surface area (Å²) in [6, 6.07) is 1.82. The van der Waals surface area contributed by atoms with E-state index in [0.29, 0.717) is 64.2 Å². The van der Waals surface area contributed by atoms with Crippen molar-refractivity contribution in [2.75, 3.05) is 50.9 Å². The highest BCUT2D eigenvalue weighted by Gasteiger charge is 2.29. The predicted octanol–water partition coefficient (Wildman–Crippen LogP) is 3.80. The van der Waals surface area contributed by atoms with Gasteiger partial charge in [0.2, 0.25) is 0 Å². The first kappa shape index (κ1) is 27.0. The summed E-state index contributed by atoms with van der Waals surface area (Å²) in [5.41, 5.74) is 1.97. The molecule has 4 aromatic rings. The maximum atomic E-state index is 16.8. The molecule has 0 unspecified atom stereocenters. The van der Waals surface area contributed by atoms with E-state index in [4.69, 9.17) is 35.5 Å². The molecule has 2 N–H and O–H groups in total. The number of piperidine rings is 1. The fraction of sp³-hybridized carbons (Fsp3) is 0.464. The van der Waals surface area contributed by atoms with Crippen LogP contribution in [0.2, 0.25) is 5.02 Å². The summed E-state index contributed by atoms with van der Waals surface area (Å²) in [4.78, 5) is 28.4. The molecule has 2 saturated heterocycles. The van der Waals surface area contributed by atoms with Crippen LogP contribution in [-0.2, 0) is 20.6 Å². The highest BCUT2D eigenvalue weighted by molar-refractivity contribution is 6.33. The Morgan fingerprint density at radius 2 is 2.02 bits per heavy atom. The average molecular weight is 598 g/mol. The molecule has 0 aliphatic carbocycles. The first-order valence-electron chi connectivity index (χ1n) is 14.1. The highest BCUT2D eigenvalue weighted by Crippen LogP contribution is 2.40. The van der Waals surface area contributed by atoms with E-state index in [2.05, 4.69) is 25.5 Å². The van der Waals surface area contributed by atoms with Gasteiger partial charge in [0.15, 0.2) is 5.82 Å². The third kappa shape index (κ3) is 5.16. The lowest BCUT2D eigenvalue weighted by molar-refractivity contribution is -0.00448. The van der Waals surface area contributed by atoms with Gasteiger partial charge in [-0.15, -0.1) is 0 Å². The molecular weight excluding hydrogens is 569 g/mol. The van der Waals surface area contributed by atoms with Crippen LogP contribution in [0.3, 0.4) is 0 Å². The number of benzene rings is 1. The Morgan fingerprint density at radius 3 is 2.90 bits per heavy atom. The summed E-state index contributed by atoms with van der Waals surface area (Å²) in [5, 5.41) is 11.9. The van der Waals surface area contributed by atoms with Crippen LogP contribution in [0.5, 0.6) is 6.01 Å². The maximum absolute atomic E-state index is 16.8. The first-order chi connectivity index (χ1) is 20.5. The minimum atomic E-state index is -0.784. The molecule has 42 heavy (non-hydrogen) atoms. The zero-order chi connectivity index (χ0) is 28.6. The Hall–Kier alpha value is -3.81. The molecule has 2 fully saturated rings. The number of rotatable bonds is 2. The number of nitrogens with one attached hydrogen (secondary N) is 2. The van der Waals surface area contributed by atoms with Crippen molar-refractivity contribution >= 4 is 45.4 Å². The van der Waals surface area contributed by atoms with Gasteiger partial charge in [0.05, 0.1) is 43.5 Å². The van der Waals surface area contributed by atoms with Gasteiger partial charge in [-0.25, -0.2) is 9.18 Å². The zero-order valence-electron chi connectivity index (χ0n) is 22.7. The molecular formula is C28H29ClFN7O5. The lowest BCUT2D eigenvalue weighted by Gasteiger charge is -2.27. The van der Waals surface area contributed by atoms with Crippen molar-refractivity contribution in [3.8, 4) is 17.3 Å². The van der Waals surface area contributed by atoms with E-state index in [1.54, 1.807) is 18.5 Å². The van der Waals surface area contributed by atoms with Gasteiger partial charge in [-0.05, 0) is 50.4 Å². The van der Waals surface area contributed by atoms with Crippen molar-refractivity contribution in [3.05, 3.63) is 34.9 Å². The fourth-order valence-corrected chi connectivity index (χ4v) is 6.08. The Kier molecular flexibility index (Phi) is 7.38. The van der Waals surface area contributed by atoms with Gasteiger partial charge >= 0.3 is 12.2 Å². The van der Waals surface area contributed by atoms with Gasteiger partial charge < -0.3 is 29.2 Å². The molecule has 1 aromatic carbocycles. The van der Waals surface area contributed by atoms with E-state index in [1.807, 2.05) is 4.90 Å². The van der Waals surface area contributed by atoms with Crippen LogP contribution in [0.15, 0.2) is 18.5 Å². The van der Waals surface area contributed by atoms with E-state index in [-0.39, 0.29) is 43.1 Å². The van der Waals surface area contributed by atoms with Crippen LogP contribution in [-0.4, -0.2) is 89.5 Å². The number of pyridine rings is 1. The monoisotopic (exact) mass is 597 g/mol. The molecule has 1 atom stereocenters. The summed E-state index contributed by atoms with van der Waals surface area (Å²) in [6.45, 7) is 2.92. The quantitative estimate of drug-likeness (QED) is 0.326. The van der Waals surface area contributed by atoms with Crippen molar-refractivity contribution in [2.24, 2.45) is 0 Å². The molecule has 0 spiro atoms. The van der Waals surface area contributed by atoms with E-state index < -0.39 is 18.1 Å². The minimum absolute atomic E-state index is 0.0726. The molecule has 0 saturated carbocycles. The van der Waals surface area contributed by atoms with Crippen molar-refractivity contribution in [1.82, 2.24) is 30.5 Å². The summed E-state index contributed by atoms with van der Waals surface area (Å²) in [6.07, 6.45) is 4.05. The van der Waals surface area contributed by atoms with Gasteiger partial charge in [0, 0.05) is 28.7 Å². The summed E-state index contributed by atoms with van der Waals surface area (Å²) in [7, 11) is 0. The first-order valence-corrected chi connectivity index (χ1v) is 14.5. The van der Waals surface area contributed by atoms with Gasteiger partial charge in [0.1, 0.15) is 29.2 Å². The number of H-pyrrole nitrogens is 1. The molecule has 0 radical (unpaired) electrons. The van der Waals surface area contributed by atoms with Crippen LogP contribution in [0.25, 0.3) is 33.1 Å². The Bertz CT molecular complexity index is 1650. The van der Waals surface area contributed by atoms with Gasteiger partial charge in [-0.2, -0.15) is 15.1 Å². The Morgan fingerprint density at radius 1 is 1.14 bits per heavy atom. The number of carbonyl (C=O) groups is 1. The summed E-state index contributed by atoms with van der Waals surface area (Å²) >= 11 is 6.73. The number of fused-ring (bicyclic) bond motifs is 7. The van der Waals surface area contributed by atoms with Crippen molar-refractivity contribution in [1.29, 1.82) is 0 Å². The van der Waals surface area contributed by atoms with E-state index in [9.17, 15) is 4.79 Å². The van der Waals surface area contributed by atoms with E-state index >= 15 is 4.39 Å². The van der Waals surface area contributed by atoms with Crippen molar-refractivity contribution in [3.63, 3.8) is 0 Å². The number of halogens is 2. The van der Waals surface area contributed by atoms with Crippen LogP contribution >= 0.6 is 11.6 Å². The average Bonchev–Trinajstić information content (AvgIpc) is 3.32. The second kappa shape index (κ2) is 11.5. The molecule has 6 bridgehead atoms. The summed E-state index contributed by atoms with van der Waals surface area (Å²) in [5.74, 6) is -0.198. The minimum Gasteiger partial charge on any atom is -0.460 e. The van der Waals surface area contributed by atoms with Crippen molar-refractivity contribution < 1.29 is 28.1 Å². The second-order valence-electron chi connectivity index (χ2n) is 10.6. The van der Waals surface area contributed by atoms with Gasteiger partial charge in [-0.1, -0.05) is 11.6 Å². The third-order valence-electron chi connectivity index (χ3n) is 7.82. The van der Waals surface area contributed by atoms with Crippen LogP contribution in [0.4, 0.5) is 15.0 Å². The van der Waals surface area contributed by atoms with Gasteiger partial charge in [0.25, 0.3) is 0 Å². The largest absolute Gasteiger partial charge is 0.508 e. The van der Waals surface area contributed by atoms with E-state index in [1.165, 1.54) is 0 Å². The third-order valence-corrected chi connectivity index (χ3v) is 8.16. The lowest BCUT2D eigenvalue weighted by atomic mass is 9.95. The number of hydrogen-bond acceptors (Lipinski definition) is 11. The standard InChI is InChI=1S/C28H29ClFN7O5/c29-20-10-21-18(12-33-36-21)22-17(20)2-1-8-40-28(38)42-16-13-37(7-9-39-14-16)26-19-11-32-25(22)23(30)24(19)34-27(35-26)41-15-3-5-31-6-4-15/h10-12,15-16,31H,1-9,13-14H2,(H,33,36)/t16-/m0/s1. The number of nitrogens with zero attached hydrogens (tertiary/aromatic N) is 5.